The lowest BCUT2D eigenvalue weighted by molar-refractivity contribution is 0.254. The van der Waals surface area contributed by atoms with Gasteiger partial charge in [0.25, 0.3) is 0 Å². The Bertz CT molecular complexity index is 648. The Morgan fingerprint density at radius 1 is 1.05 bits per heavy atom. The van der Waals surface area contributed by atoms with Gasteiger partial charge < -0.3 is 4.74 Å². The molecule has 0 aromatic heterocycles. The van der Waals surface area contributed by atoms with Gasteiger partial charge in [-0.2, -0.15) is 0 Å². The van der Waals surface area contributed by atoms with E-state index in [1.165, 1.54) is 16.7 Å². The molecule has 0 aliphatic carbocycles. The predicted molar refractivity (Wildman–Crippen MR) is 83.8 cm³/mol. The first kappa shape index (κ1) is 13.5. The molecule has 3 rings (SSSR count). The van der Waals surface area contributed by atoms with E-state index < -0.39 is 0 Å². The molecule has 1 aliphatic heterocycles. The van der Waals surface area contributed by atoms with Crippen LogP contribution in [0.25, 0.3) is 0 Å². The Balaban J connectivity index is 1.93. The molecule has 0 N–H and O–H groups in total. The van der Waals surface area contributed by atoms with Gasteiger partial charge in [0.05, 0.1) is 5.38 Å². The molecule has 2 aromatic rings. The van der Waals surface area contributed by atoms with Gasteiger partial charge in [-0.1, -0.05) is 30.3 Å². The first-order chi connectivity index (χ1) is 9.54. The predicted octanol–water partition coefficient (Wildman–Crippen LogP) is 4.96. The fourth-order valence-electron chi connectivity index (χ4n) is 2.71. The van der Waals surface area contributed by atoms with Crippen LogP contribution in [-0.4, -0.2) is 6.10 Å². The zero-order valence-electron chi connectivity index (χ0n) is 12.1. The summed E-state index contributed by atoms with van der Waals surface area (Å²) in [5.74, 6) is 1.00. The normalized spacial score (nSPS) is 18.5. The number of ether oxygens (including phenoxy) is 1. The molecule has 2 atom stereocenters. The maximum absolute atomic E-state index is 6.65. The fraction of sp³-hybridized carbons (Fsp3) is 0.333. The number of halogens is 1. The largest absolute Gasteiger partial charge is 0.490 e. The molecular weight excluding hydrogens is 268 g/mol. The van der Waals surface area contributed by atoms with Crippen molar-refractivity contribution in [1.29, 1.82) is 0 Å². The summed E-state index contributed by atoms with van der Waals surface area (Å²) >= 11 is 6.65. The molecule has 0 saturated heterocycles. The van der Waals surface area contributed by atoms with E-state index in [1.54, 1.807) is 0 Å². The highest BCUT2D eigenvalue weighted by atomic mass is 35.5. The fourth-order valence-corrected chi connectivity index (χ4v) is 2.99. The molecule has 1 aliphatic rings. The van der Waals surface area contributed by atoms with Crippen LogP contribution in [0.1, 0.15) is 40.1 Å². The summed E-state index contributed by atoms with van der Waals surface area (Å²) in [5, 5.41) is -0.101. The highest BCUT2D eigenvalue weighted by Crippen LogP contribution is 2.35. The van der Waals surface area contributed by atoms with Crippen LogP contribution in [0.15, 0.2) is 36.4 Å². The van der Waals surface area contributed by atoms with E-state index in [1.807, 2.05) is 6.07 Å². The van der Waals surface area contributed by atoms with Gasteiger partial charge in [0.15, 0.2) is 0 Å². The average molecular weight is 287 g/mol. The minimum atomic E-state index is -0.101. The maximum Gasteiger partial charge on any atom is 0.123 e. The van der Waals surface area contributed by atoms with Gasteiger partial charge in [0, 0.05) is 6.42 Å². The zero-order chi connectivity index (χ0) is 14.3. The summed E-state index contributed by atoms with van der Waals surface area (Å²) in [4.78, 5) is 0. The second kappa shape index (κ2) is 5.14. The van der Waals surface area contributed by atoms with Crippen molar-refractivity contribution in [1.82, 2.24) is 0 Å². The summed E-state index contributed by atoms with van der Waals surface area (Å²) in [7, 11) is 0. The number of fused-ring (bicyclic) bond motifs is 1. The lowest BCUT2D eigenvalue weighted by atomic mass is 9.98. The molecule has 2 heteroatoms. The van der Waals surface area contributed by atoms with Gasteiger partial charge >= 0.3 is 0 Å². The van der Waals surface area contributed by atoms with Crippen molar-refractivity contribution in [3.05, 3.63) is 64.2 Å². The van der Waals surface area contributed by atoms with Crippen LogP contribution >= 0.6 is 11.6 Å². The molecule has 1 heterocycles. The van der Waals surface area contributed by atoms with E-state index in [2.05, 4.69) is 51.1 Å². The van der Waals surface area contributed by atoms with Crippen molar-refractivity contribution in [3.63, 3.8) is 0 Å². The number of hydrogen-bond acceptors (Lipinski definition) is 1. The van der Waals surface area contributed by atoms with Crippen LogP contribution in [0.5, 0.6) is 5.75 Å². The quantitative estimate of drug-likeness (QED) is 0.709. The number of rotatable bonds is 2. The second-order valence-electron chi connectivity index (χ2n) is 5.71. The minimum Gasteiger partial charge on any atom is -0.490 e. The van der Waals surface area contributed by atoms with Crippen molar-refractivity contribution in [3.8, 4) is 5.75 Å². The van der Waals surface area contributed by atoms with E-state index in [9.17, 15) is 0 Å². The lowest BCUT2D eigenvalue weighted by Crippen LogP contribution is -2.05. The molecule has 1 nitrogen and oxygen atoms in total. The summed E-state index contributed by atoms with van der Waals surface area (Å²) in [6.45, 7) is 6.35. The standard InChI is InChI=1S/C18H19ClO/c1-11-4-5-14(8-12(11)2)18(19)15-6-7-17-16(10-15)9-13(3)20-17/h4-8,10,13,18H,9H2,1-3H3. The van der Waals surface area contributed by atoms with Gasteiger partial charge in [0.2, 0.25) is 0 Å². The number of aryl methyl sites for hydroxylation is 2. The van der Waals surface area contributed by atoms with E-state index in [4.69, 9.17) is 16.3 Å². The van der Waals surface area contributed by atoms with Crippen molar-refractivity contribution in [2.24, 2.45) is 0 Å². The van der Waals surface area contributed by atoms with Crippen LogP contribution in [0.4, 0.5) is 0 Å². The van der Waals surface area contributed by atoms with Crippen LogP contribution in [-0.2, 0) is 6.42 Å². The Kier molecular flexibility index (Phi) is 3.47. The van der Waals surface area contributed by atoms with E-state index in [0.717, 1.165) is 23.3 Å². The van der Waals surface area contributed by atoms with Crippen LogP contribution in [0.3, 0.4) is 0 Å². The van der Waals surface area contributed by atoms with Crippen molar-refractivity contribution in [2.75, 3.05) is 0 Å². The number of hydrogen-bond donors (Lipinski definition) is 0. The lowest BCUT2D eigenvalue weighted by Gasteiger charge is -2.13. The molecule has 0 bridgehead atoms. The van der Waals surface area contributed by atoms with Gasteiger partial charge in [-0.25, -0.2) is 0 Å². The summed E-state index contributed by atoms with van der Waals surface area (Å²) in [6.07, 6.45) is 1.25. The van der Waals surface area contributed by atoms with Crippen LogP contribution < -0.4 is 4.74 Å². The third kappa shape index (κ3) is 2.43. The minimum absolute atomic E-state index is 0.101. The smallest absolute Gasteiger partial charge is 0.123 e. The summed E-state index contributed by atoms with van der Waals surface area (Å²) in [5.41, 5.74) is 6.15. The number of alkyl halides is 1. The molecule has 104 valence electrons. The molecule has 0 spiro atoms. The Hall–Kier alpha value is -1.47. The summed E-state index contributed by atoms with van der Waals surface area (Å²) < 4.78 is 5.74. The maximum atomic E-state index is 6.65. The summed E-state index contributed by atoms with van der Waals surface area (Å²) in [6, 6.07) is 12.7. The Morgan fingerprint density at radius 2 is 1.75 bits per heavy atom. The van der Waals surface area contributed by atoms with Gasteiger partial charge in [0.1, 0.15) is 11.9 Å². The van der Waals surface area contributed by atoms with E-state index >= 15 is 0 Å². The highest BCUT2D eigenvalue weighted by Gasteiger charge is 2.21. The molecule has 2 unspecified atom stereocenters. The first-order valence-electron chi connectivity index (χ1n) is 7.05. The SMILES string of the molecule is Cc1ccc(C(Cl)c2ccc3c(c2)CC(C)O3)cc1C. The molecule has 0 amide bonds. The molecule has 0 radical (unpaired) electrons. The van der Waals surface area contributed by atoms with Gasteiger partial charge in [-0.3, -0.25) is 0 Å². The Labute approximate surface area is 125 Å². The van der Waals surface area contributed by atoms with Crippen molar-refractivity contribution < 1.29 is 4.74 Å². The average Bonchev–Trinajstić information content (AvgIpc) is 2.80. The van der Waals surface area contributed by atoms with E-state index in [0.29, 0.717) is 0 Å². The van der Waals surface area contributed by atoms with E-state index in [-0.39, 0.29) is 11.5 Å². The van der Waals surface area contributed by atoms with Gasteiger partial charge in [-0.05, 0) is 54.7 Å². The first-order valence-corrected chi connectivity index (χ1v) is 7.49. The third-order valence-corrected chi connectivity index (χ3v) is 4.54. The second-order valence-corrected chi connectivity index (χ2v) is 6.14. The molecule has 0 fully saturated rings. The Morgan fingerprint density at radius 3 is 2.50 bits per heavy atom. The molecule has 0 saturated carbocycles. The topological polar surface area (TPSA) is 9.23 Å². The molecule has 2 aromatic carbocycles. The molecular formula is C18H19ClO. The number of benzene rings is 2. The van der Waals surface area contributed by atoms with Crippen molar-refractivity contribution in [2.45, 2.75) is 38.7 Å². The van der Waals surface area contributed by atoms with Crippen molar-refractivity contribution >= 4 is 11.6 Å². The van der Waals surface area contributed by atoms with Crippen LogP contribution in [0.2, 0.25) is 0 Å². The molecule has 20 heavy (non-hydrogen) atoms. The monoisotopic (exact) mass is 286 g/mol. The van der Waals surface area contributed by atoms with Gasteiger partial charge in [-0.15, -0.1) is 11.6 Å². The highest BCUT2D eigenvalue weighted by molar-refractivity contribution is 6.22. The zero-order valence-corrected chi connectivity index (χ0v) is 12.9. The van der Waals surface area contributed by atoms with Crippen LogP contribution in [0, 0.1) is 13.8 Å². The third-order valence-electron chi connectivity index (χ3n) is 4.04.